The molecule has 1 heterocycles. The molecule has 1 aromatic heterocycles. The second-order valence-electron chi connectivity index (χ2n) is 4.88. The molecular formula is C14H17ClN2O2. The zero-order chi connectivity index (χ0) is 13.7. The molecule has 5 heteroatoms. The highest BCUT2D eigenvalue weighted by Gasteiger charge is 2.33. The highest BCUT2D eigenvalue weighted by Crippen LogP contribution is 2.29. The number of aliphatic hydroxyl groups excluding tert-OH is 1. The number of amides is 1. The lowest BCUT2D eigenvalue weighted by molar-refractivity contribution is -0.118. The molecular weight excluding hydrogens is 264 g/mol. The van der Waals surface area contributed by atoms with Crippen molar-refractivity contribution in [2.75, 3.05) is 6.61 Å². The Balaban J connectivity index is 1.97. The van der Waals surface area contributed by atoms with Gasteiger partial charge in [-0.2, -0.15) is 0 Å². The number of hydrogen-bond donors (Lipinski definition) is 2. The minimum absolute atomic E-state index is 0.00628. The van der Waals surface area contributed by atoms with Gasteiger partial charge < -0.3 is 10.4 Å². The van der Waals surface area contributed by atoms with Gasteiger partial charge in [0.1, 0.15) is 5.15 Å². The second-order valence-corrected chi connectivity index (χ2v) is 5.27. The quantitative estimate of drug-likeness (QED) is 0.656. The fraction of sp³-hybridized carbons (Fsp3) is 0.429. The molecule has 4 nitrogen and oxygen atoms in total. The molecule has 102 valence electrons. The molecule has 0 atom stereocenters. The van der Waals surface area contributed by atoms with Crippen LogP contribution in [0.1, 0.15) is 31.2 Å². The molecule has 0 aliphatic heterocycles. The third kappa shape index (κ3) is 3.78. The second kappa shape index (κ2) is 6.17. The van der Waals surface area contributed by atoms with Crippen LogP contribution >= 0.6 is 11.6 Å². The molecule has 19 heavy (non-hydrogen) atoms. The number of nitrogens with one attached hydrogen (secondary N) is 1. The number of nitrogens with zero attached hydrogens (tertiary/aromatic N) is 1. The third-order valence-corrected chi connectivity index (χ3v) is 3.64. The first kappa shape index (κ1) is 14.0. The van der Waals surface area contributed by atoms with Crippen LogP contribution in [0, 0.1) is 0 Å². The van der Waals surface area contributed by atoms with Crippen molar-refractivity contribution < 1.29 is 9.90 Å². The molecule has 1 aliphatic carbocycles. The van der Waals surface area contributed by atoms with Gasteiger partial charge in [-0.1, -0.05) is 24.4 Å². The van der Waals surface area contributed by atoms with Crippen molar-refractivity contribution in [1.82, 2.24) is 10.3 Å². The van der Waals surface area contributed by atoms with Gasteiger partial charge in [0, 0.05) is 12.3 Å². The van der Waals surface area contributed by atoms with E-state index in [-0.39, 0.29) is 12.5 Å². The van der Waals surface area contributed by atoms with E-state index in [0.717, 1.165) is 31.2 Å². The summed E-state index contributed by atoms with van der Waals surface area (Å²) in [5.41, 5.74) is 0.386. The minimum atomic E-state index is -0.433. The van der Waals surface area contributed by atoms with Crippen molar-refractivity contribution >= 4 is 23.6 Å². The predicted molar refractivity (Wildman–Crippen MR) is 74.7 cm³/mol. The van der Waals surface area contributed by atoms with Crippen LogP contribution < -0.4 is 5.32 Å². The lowest BCUT2D eigenvalue weighted by Crippen LogP contribution is -2.48. The first-order valence-corrected chi connectivity index (χ1v) is 6.74. The van der Waals surface area contributed by atoms with Gasteiger partial charge in [-0.3, -0.25) is 4.79 Å². The number of carbonyl (C=O) groups is 1. The van der Waals surface area contributed by atoms with Gasteiger partial charge in [0.05, 0.1) is 12.1 Å². The Bertz CT molecular complexity index is 482. The van der Waals surface area contributed by atoms with Crippen LogP contribution in [0.15, 0.2) is 24.4 Å². The Labute approximate surface area is 117 Å². The van der Waals surface area contributed by atoms with Crippen molar-refractivity contribution in [3.05, 3.63) is 35.1 Å². The van der Waals surface area contributed by atoms with Crippen molar-refractivity contribution in [2.45, 2.75) is 31.2 Å². The maximum atomic E-state index is 11.9. The maximum Gasteiger partial charge on any atom is 0.244 e. The fourth-order valence-corrected chi connectivity index (χ4v) is 2.55. The summed E-state index contributed by atoms with van der Waals surface area (Å²) in [5.74, 6) is -0.191. The van der Waals surface area contributed by atoms with Gasteiger partial charge in [0.15, 0.2) is 0 Å². The summed E-state index contributed by atoms with van der Waals surface area (Å²) < 4.78 is 0. The number of pyridine rings is 1. The summed E-state index contributed by atoms with van der Waals surface area (Å²) in [7, 11) is 0. The van der Waals surface area contributed by atoms with Gasteiger partial charge in [0.2, 0.25) is 5.91 Å². The number of rotatable bonds is 4. The molecule has 0 aromatic carbocycles. The van der Waals surface area contributed by atoms with E-state index in [4.69, 9.17) is 11.6 Å². The van der Waals surface area contributed by atoms with E-state index in [2.05, 4.69) is 10.3 Å². The molecule has 1 aromatic rings. The summed E-state index contributed by atoms with van der Waals surface area (Å²) in [4.78, 5) is 15.7. The van der Waals surface area contributed by atoms with E-state index >= 15 is 0 Å². The average molecular weight is 281 g/mol. The highest BCUT2D eigenvalue weighted by molar-refractivity contribution is 6.29. The Kier molecular flexibility index (Phi) is 4.56. The Hall–Kier alpha value is -1.39. The molecule has 0 spiro atoms. The van der Waals surface area contributed by atoms with Gasteiger partial charge in [-0.25, -0.2) is 4.98 Å². The van der Waals surface area contributed by atoms with Crippen LogP contribution in [0.3, 0.4) is 0 Å². The smallest absolute Gasteiger partial charge is 0.244 e. The Morgan fingerprint density at radius 2 is 2.26 bits per heavy atom. The Morgan fingerprint density at radius 3 is 2.89 bits per heavy atom. The van der Waals surface area contributed by atoms with E-state index in [1.165, 1.54) is 6.08 Å². The third-order valence-electron chi connectivity index (χ3n) is 3.43. The zero-order valence-electron chi connectivity index (χ0n) is 10.6. The first-order chi connectivity index (χ1) is 9.13. The van der Waals surface area contributed by atoms with Crippen molar-refractivity contribution in [1.29, 1.82) is 0 Å². The van der Waals surface area contributed by atoms with Crippen LogP contribution in [0.25, 0.3) is 6.08 Å². The molecule has 1 amide bonds. The number of aliphatic hydroxyl groups is 1. The largest absolute Gasteiger partial charge is 0.394 e. The number of halogens is 1. The summed E-state index contributed by atoms with van der Waals surface area (Å²) in [6.07, 6.45) is 8.50. The molecule has 1 fully saturated rings. The Morgan fingerprint density at radius 1 is 1.53 bits per heavy atom. The fourth-order valence-electron chi connectivity index (χ4n) is 2.37. The molecule has 0 unspecified atom stereocenters. The zero-order valence-corrected chi connectivity index (χ0v) is 11.4. The predicted octanol–water partition coefficient (Wildman–Crippen LogP) is 2.17. The van der Waals surface area contributed by atoms with Crippen LogP contribution in [-0.4, -0.2) is 28.1 Å². The first-order valence-electron chi connectivity index (χ1n) is 6.36. The monoisotopic (exact) mass is 280 g/mol. The van der Waals surface area contributed by atoms with Crippen molar-refractivity contribution in [2.24, 2.45) is 0 Å². The minimum Gasteiger partial charge on any atom is -0.394 e. The molecule has 1 saturated carbocycles. The maximum absolute atomic E-state index is 11.9. The van der Waals surface area contributed by atoms with E-state index < -0.39 is 5.54 Å². The molecule has 0 saturated heterocycles. The van der Waals surface area contributed by atoms with Gasteiger partial charge in [0.25, 0.3) is 0 Å². The van der Waals surface area contributed by atoms with Crippen molar-refractivity contribution in [3.63, 3.8) is 0 Å². The number of carbonyl (C=O) groups excluding carboxylic acids is 1. The molecule has 0 radical (unpaired) electrons. The molecule has 0 bridgehead atoms. The molecule has 2 N–H and O–H groups in total. The standard InChI is InChI=1S/C14H17ClN2O2/c15-12-9-11(5-8-16-12)3-4-13(19)17-14(10-18)6-1-2-7-14/h3-5,8-9,18H,1-2,6-7,10H2,(H,17,19)/b4-3+. The van der Waals surface area contributed by atoms with E-state index in [1.807, 2.05) is 0 Å². The molecule has 2 rings (SSSR count). The topological polar surface area (TPSA) is 62.2 Å². The number of aromatic nitrogens is 1. The van der Waals surface area contributed by atoms with E-state index in [9.17, 15) is 9.90 Å². The van der Waals surface area contributed by atoms with Gasteiger partial charge >= 0.3 is 0 Å². The molecule has 1 aliphatic rings. The van der Waals surface area contributed by atoms with E-state index in [0.29, 0.717) is 5.15 Å². The summed E-state index contributed by atoms with van der Waals surface area (Å²) in [5, 5.41) is 12.7. The van der Waals surface area contributed by atoms with Crippen LogP contribution in [0.4, 0.5) is 0 Å². The highest BCUT2D eigenvalue weighted by atomic mass is 35.5. The lowest BCUT2D eigenvalue weighted by Gasteiger charge is -2.27. The lowest BCUT2D eigenvalue weighted by atomic mass is 9.99. The van der Waals surface area contributed by atoms with Gasteiger partial charge in [-0.15, -0.1) is 0 Å². The normalized spacial score (nSPS) is 17.8. The summed E-state index contributed by atoms with van der Waals surface area (Å²) >= 11 is 5.76. The van der Waals surface area contributed by atoms with E-state index in [1.54, 1.807) is 24.4 Å². The van der Waals surface area contributed by atoms with Crippen LogP contribution in [0.2, 0.25) is 5.15 Å². The van der Waals surface area contributed by atoms with Crippen LogP contribution in [-0.2, 0) is 4.79 Å². The van der Waals surface area contributed by atoms with Crippen LogP contribution in [0.5, 0.6) is 0 Å². The summed E-state index contributed by atoms with van der Waals surface area (Å²) in [6.45, 7) is -0.00628. The average Bonchev–Trinajstić information content (AvgIpc) is 2.86. The SMILES string of the molecule is O=C(/C=C/c1ccnc(Cl)c1)NC1(CO)CCCC1. The summed E-state index contributed by atoms with van der Waals surface area (Å²) in [6, 6.07) is 3.45. The number of hydrogen-bond acceptors (Lipinski definition) is 3. The van der Waals surface area contributed by atoms with Crippen molar-refractivity contribution in [3.8, 4) is 0 Å². The van der Waals surface area contributed by atoms with Gasteiger partial charge in [-0.05, 0) is 36.6 Å².